The average Bonchev–Trinajstić information content (AvgIpc) is 3.29. The molecule has 2 aromatic rings. The molecule has 1 aromatic carbocycles. The van der Waals surface area contributed by atoms with Gasteiger partial charge in [-0.2, -0.15) is 5.10 Å². The Hall–Kier alpha value is -3.09. The number of hydrogen-bond donors (Lipinski definition) is 1. The number of rotatable bonds is 4. The second kappa shape index (κ2) is 8.29. The van der Waals surface area contributed by atoms with Crippen LogP contribution in [0.15, 0.2) is 48.7 Å². The molecule has 2 amide bonds. The number of anilines is 1. The molecule has 7 nitrogen and oxygen atoms in total. The van der Waals surface area contributed by atoms with Crippen LogP contribution in [0.25, 0.3) is 6.08 Å². The molecule has 1 saturated heterocycles. The summed E-state index contributed by atoms with van der Waals surface area (Å²) in [6.07, 6.45) is 5.54. The quantitative estimate of drug-likeness (QED) is 0.818. The minimum atomic E-state index is -0.508. The predicted molar refractivity (Wildman–Crippen MR) is 108 cm³/mol. The highest BCUT2D eigenvalue weighted by Crippen LogP contribution is 2.23. The van der Waals surface area contributed by atoms with Gasteiger partial charge in [-0.05, 0) is 38.8 Å². The number of ether oxygens (including phenoxy) is 1. The summed E-state index contributed by atoms with van der Waals surface area (Å²) in [5, 5.41) is 7.19. The third-order valence-corrected chi connectivity index (χ3v) is 4.28. The molecule has 0 aliphatic carbocycles. The van der Waals surface area contributed by atoms with E-state index in [0.29, 0.717) is 18.9 Å². The van der Waals surface area contributed by atoms with Crippen LogP contribution >= 0.6 is 0 Å². The number of carbonyl (C=O) groups excluding carboxylic acids is 2. The van der Waals surface area contributed by atoms with Crippen molar-refractivity contribution in [1.82, 2.24) is 14.7 Å². The van der Waals surface area contributed by atoms with Gasteiger partial charge >= 0.3 is 6.09 Å². The fourth-order valence-corrected chi connectivity index (χ4v) is 2.96. The monoisotopic (exact) mass is 382 g/mol. The Balaban J connectivity index is 1.54. The molecule has 3 rings (SSSR count). The Morgan fingerprint density at radius 1 is 1.21 bits per heavy atom. The number of benzene rings is 1. The molecule has 1 fully saturated rings. The molecule has 148 valence electrons. The number of carbonyl (C=O) groups is 2. The van der Waals surface area contributed by atoms with Gasteiger partial charge in [0.1, 0.15) is 5.60 Å². The van der Waals surface area contributed by atoms with Crippen molar-refractivity contribution in [1.29, 1.82) is 0 Å². The summed E-state index contributed by atoms with van der Waals surface area (Å²) in [7, 11) is 0. The smallest absolute Gasteiger partial charge is 0.410 e. The molecule has 28 heavy (non-hydrogen) atoms. The fraction of sp³-hybridized carbons (Fsp3) is 0.381. The van der Waals surface area contributed by atoms with Crippen molar-refractivity contribution >= 4 is 23.9 Å². The molecule has 0 bridgehead atoms. The molecule has 1 N–H and O–H groups in total. The first kappa shape index (κ1) is 19.7. The van der Waals surface area contributed by atoms with Crippen molar-refractivity contribution in [3.63, 3.8) is 0 Å². The van der Waals surface area contributed by atoms with Crippen LogP contribution in [0.4, 0.5) is 10.6 Å². The maximum absolute atomic E-state index is 12.2. The van der Waals surface area contributed by atoms with E-state index in [4.69, 9.17) is 4.74 Å². The van der Waals surface area contributed by atoms with Gasteiger partial charge in [0, 0.05) is 31.4 Å². The third kappa shape index (κ3) is 5.45. The molecule has 1 aliphatic rings. The molecule has 0 saturated carbocycles. The first-order chi connectivity index (χ1) is 13.3. The highest BCUT2D eigenvalue weighted by atomic mass is 16.6. The molecule has 0 spiro atoms. The van der Waals surface area contributed by atoms with Crippen molar-refractivity contribution in [2.24, 2.45) is 0 Å². The molecule has 7 heteroatoms. The molecule has 2 heterocycles. The SMILES string of the molecule is CC(C)(C)OC(=O)N1CCC(n2ccc(NC(=O)C=Cc3ccccc3)n2)C1. The van der Waals surface area contributed by atoms with Crippen molar-refractivity contribution < 1.29 is 14.3 Å². The lowest BCUT2D eigenvalue weighted by molar-refractivity contribution is -0.111. The second-order valence-electron chi connectivity index (χ2n) is 7.78. The number of aromatic nitrogens is 2. The summed E-state index contributed by atoms with van der Waals surface area (Å²) in [5.74, 6) is 0.245. The van der Waals surface area contributed by atoms with Crippen LogP contribution in [0.5, 0.6) is 0 Å². The number of nitrogens with zero attached hydrogens (tertiary/aromatic N) is 3. The average molecular weight is 382 g/mol. The first-order valence-electron chi connectivity index (χ1n) is 9.37. The van der Waals surface area contributed by atoms with E-state index in [1.165, 1.54) is 6.08 Å². The van der Waals surface area contributed by atoms with Gasteiger partial charge in [-0.15, -0.1) is 0 Å². The summed E-state index contributed by atoms with van der Waals surface area (Å²) in [5.41, 5.74) is 0.447. The van der Waals surface area contributed by atoms with Gasteiger partial charge in [0.15, 0.2) is 5.82 Å². The van der Waals surface area contributed by atoms with Crippen molar-refractivity contribution in [2.45, 2.75) is 38.8 Å². The maximum atomic E-state index is 12.2. The predicted octanol–water partition coefficient (Wildman–Crippen LogP) is 3.72. The van der Waals surface area contributed by atoms with Gasteiger partial charge in [0.25, 0.3) is 0 Å². The molecule has 1 unspecified atom stereocenters. The standard InChI is InChI=1S/C21H26N4O3/c1-21(2,3)28-20(27)24-13-11-17(15-24)25-14-12-18(23-25)22-19(26)10-9-16-7-5-4-6-8-16/h4-10,12,14,17H,11,13,15H2,1-3H3,(H,22,23,26). The summed E-state index contributed by atoms with van der Waals surface area (Å²) >= 11 is 0. The van der Waals surface area contributed by atoms with E-state index in [9.17, 15) is 9.59 Å². The van der Waals surface area contributed by atoms with E-state index in [2.05, 4.69) is 10.4 Å². The highest BCUT2D eigenvalue weighted by Gasteiger charge is 2.31. The largest absolute Gasteiger partial charge is 0.444 e. The lowest BCUT2D eigenvalue weighted by Gasteiger charge is -2.24. The van der Waals surface area contributed by atoms with Crippen molar-refractivity contribution in [3.05, 3.63) is 54.2 Å². The van der Waals surface area contributed by atoms with Crippen LogP contribution in [-0.2, 0) is 9.53 Å². The summed E-state index contributed by atoms with van der Waals surface area (Å²) in [4.78, 5) is 26.0. The second-order valence-corrected chi connectivity index (χ2v) is 7.78. The van der Waals surface area contributed by atoms with Crippen LogP contribution in [0, 0.1) is 0 Å². The Kier molecular flexibility index (Phi) is 5.82. The van der Waals surface area contributed by atoms with Crippen molar-refractivity contribution in [2.75, 3.05) is 18.4 Å². The zero-order valence-electron chi connectivity index (χ0n) is 16.5. The van der Waals surface area contributed by atoms with E-state index >= 15 is 0 Å². The van der Waals surface area contributed by atoms with Crippen LogP contribution in [-0.4, -0.2) is 45.4 Å². The normalized spacial score (nSPS) is 17.1. The molecule has 1 aromatic heterocycles. The summed E-state index contributed by atoms with van der Waals surface area (Å²) in [6, 6.07) is 11.4. The molecular formula is C21H26N4O3. The molecular weight excluding hydrogens is 356 g/mol. The number of amides is 2. The fourth-order valence-electron chi connectivity index (χ4n) is 2.96. The minimum Gasteiger partial charge on any atom is -0.444 e. The van der Waals surface area contributed by atoms with E-state index < -0.39 is 5.60 Å². The zero-order chi connectivity index (χ0) is 20.1. The molecule has 0 radical (unpaired) electrons. The Labute approximate surface area is 165 Å². The van der Waals surface area contributed by atoms with Gasteiger partial charge in [-0.1, -0.05) is 30.3 Å². The molecule has 1 aliphatic heterocycles. The Morgan fingerprint density at radius 2 is 1.96 bits per heavy atom. The Morgan fingerprint density at radius 3 is 2.68 bits per heavy atom. The van der Waals surface area contributed by atoms with Gasteiger partial charge < -0.3 is 15.0 Å². The zero-order valence-corrected chi connectivity index (χ0v) is 16.5. The van der Waals surface area contributed by atoms with Crippen LogP contribution in [0.3, 0.4) is 0 Å². The number of nitrogens with one attached hydrogen (secondary N) is 1. The lowest BCUT2D eigenvalue weighted by atomic mass is 10.2. The van der Waals surface area contributed by atoms with Crippen LogP contribution in [0.2, 0.25) is 0 Å². The number of likely N-dealkylation sites (tertiary alicyclic amines) is 1. The van der Waals surface area contributed by atoms with E-state index in [0.717, 1.165) is 12.0 Å². The third-order valence-electron chi connectivity index (χ3n) is 4.28. The lowest BCUT2D eigenvalue weighted by Crippen LogP contribution is -2.35. The van der Waals surface area contributed by atoms with Gasteiger partial charge in [0.2, 0.25) is 5.91 Å². The van der Waals surface area contributed by atoms with E-state index in [1.807, 2.05) is 57.3 Å². The van der Waals surface area contributed by atoms with Crippen LogP contribution < -0.4 is 5.32 Å². The van der Waals surface area contributed by atoms with Gasteiger partial charge in [-0.25, -0.2) is 4.79 Å². The highest BCUT2D eigenvalue weighted by molar-refractivity contribution is 6.01. The first-order valence-corrected chi connectivity index (χ1v) is 9.37. The number of hydrogen-bond acceptors (Lipinski definition) is 4. The van der Waals surface area contributed by atoms with E-state index in [-0.39, 0.29) is 18.0 Å². The van der Waals surface area contributed by atoms with Gasteiger partial charge in [-0.3, -0.25) is 9.48 Å². The summed E-state index contributed by atoms with van der Waals surface area (Å²) in [6.45, 7) is 6.73. The van der Waals surface area contributed by atoms with Gasteiger partial charge in [0.05, 0.1) is 6.04 Å². The molecule has 1 atom stereocenters. The Bertz CT molecular complexity index is 852. The minimum absolute atomic E-state index is 0.0676. The summed E-state index contributed by atoms with van der Waals surface area (Å²) < 4.78 is 7.21. The maximum Gasteiger partial charge on any atom is 0.410 e. The van der Waals surface area contributed by atoms with Crippen molar-refractivity contribution in [3.8, 4) is 0 Å². The van der Waals surface area contributed by atoms with Crippen LogP contribution in [0.1, 0.15) is 38.8 Å². The topological polar surface area (TPSA) is 76.5 Å². The van der Waals surface area contributed by atoms with E-state index in [1.54, 1.807) is 21.7 Å².